The number of allylic oxidation sites excluding steroid dienone is 1. The molecule has 3 rings (SSSR count). The van der Waals surface area contributed by atoms with Crippen LogP contribution < -0.4 is 0 Å². The number of Topliss-reactive ketones (excluding diaryl/α,β-unsaturated/α-hetero) is 1. The molecule has 0 radical (unpaired) electrons. The number of carbonyl (C=O) groups is 1. The van der Waals surface area contributed by atoms with Crippen LogP contribution in [0.25, 0.3) is 6.08 Å². The summed E-state index contributed by atoms with van der Waals surface area (Å²) < 4.78 is 1.07. The molecule has 0 bridgehead atoms. The number of halogens is 1. The summed E-state index contributed by atoms with van der Waals surface area (Å²) in [6, 6.07) is 9.87. The zero-order valence-electron chi connectivity index (χ0n) is 8.94. The summed E-state index contributed by atoms with van der Waals surface area (Å²) in [6.45, 7) is 0. The van der Waals surface area contributed by atoms with Crippen molar-refractivity contribution in [2.24, 2.45) is 0 Å². The zero-order valence-corrected chi connectivity index (χ0v) is 11.3. The van der Waals surface area contributed by atoms with Gasteiger partial charge in [-0.2, -0.15) is 0 Å². The van der Waals surface area contributed by atoms with Crippen LogP contribution >= 0.6 is 27.3 Å². The summed E-state index contributed by atoms with van der Waals surface area (Å²) in [6.07, 6.45) is 2.75. The molecular weight excluding hydrogens is 296 g/mol. The maximum atomic E-state index is 12.1. The van der Waals surface area contributed by atoms with Crippen LogP contribution in [0.4, 0.5) is 0 Å². The minimum Gasteiger partial charge on any atom is -0.289 e. The number of hydrogen-bond acceptors (Lipinski definition) is 2. The number of ketones is 1. The van der Waals surface area contributed by atoms with E-state index in [1.54, 1.807) is 11.3 Å². The fraction of sp³-hybridized carbons (Fsp3) is 0.0714. The first kappa shape index (κ1) is 10.9. The van der Waals surface area contributed by atoms with Crippen molar-refractivity contribution >= 4 is 39.1 Å². The van der Waals surface area contributed by atoms with Gasteiger partial charge in [0.2, 0.25) is 0 Å². The minimum absolute atomic E-state index is 0.171. The lowest BCUT2D eigenvalue weighted by molar-refractivity contribution is 0.104. The third kappa shape index (κ3) is 2.01. The molecule has 3 heteroatoms. The molecule has 0 atom stereocenters. The van der Waals surface area contributed by atoms with Crippen LogP contribution in [0.1, 0.15) is 20.8 Å². The van der Waals surface area contributed by atoms with E-state index in [0.29, 0.717) is 0 Å². The molecular formula is C14H9BrOS. The second-order valence-electron chi connectivity index (χ2n) is 4.00. The Kier molecular flexibility index (Phi) is 2.73. The van der Waals surface area contributed by atoms with Crippen molar-refractivity contribution in [3.8, 4) is 0 Å². The largest absolute Gasteiger partial charge is 0.289 e. The summed E-state index contributed by atoms with van der Waals surface area (Å²) in [5.41, 5.74) is 2.88. The Labute approximate surface area is 112 Å². The van der Waals surface area contributed by atoms with E-state index in [4.69, 9.17) is 0 Å². The minimum atomic E-state index is 0.171. The summed E-state index contributed by atoms with van der Waals surface area (Å²) in [4.78, 5) is 13.3. The normalized spacial score (nSPS) is 16.5. The predicted molar refractivity (Wildman–Crippen MR) is 74.5 cm³/mol. The predicted octanol–water partition coefficient (Wildman–Crippen LogP) is 4.33. The van der Waals surface area contributed by atoms with Gasteiger partial charge in [-0.3, -0.25) is 4.79 Å². The van der Waals surface area contributed by atoms with E-state index < -0.39 is 0 Å². The first-order valence-electron chi connectivity index (χ1n) is 5.31. The molecule has 1 aliphatic rings. The van der Waals surface area contributed by atoms with Crippen molar-refractivity contribution in [2.45, 2.75) is 6.42 Å². The molecule has 84 valence electrons. The maximum absolute atomic E-state index is 12.1. The van der Waals surface area contributed by atoms with Crippen LogP contribution in [-0.2, 0) is 6.42 Å². The third-order valence-electron chi connectivity index (χ3n) is 2.84. The van der Waals surface area contributed by atoms with Crippen molar-refractivity contribution in [1.82, 2.24) is 0 Å². The van der Waals surface area contributed by atoms with Crippen LogP contribution in [0.15, 0.2) is 45.8 Å². The van der Waals surface area contributed by atoms with Crippen molar-refractivity contribution < 1.29 is 4.79 Å². The highest BCUT2D eigenvalue weighted by atomic mass is 79.9. The van der Waals surface area contributed by atoms with Crippen molar-refractivity contribution in [3.05, 3.63) is 61.8 Å². The first-order chi connectivity index (χ1) is 8.24. The Balaban J connectivity index is 1.99. The molecule has 2 aromatic rings. The highest BCUT2D eigenvalue weighted by molar-refractivity contribution is 9.10. The molecule has 0 saturated heterocycles. The Morgan fingerprint density at radius 2 is 2.12 bits per heavy atom. The molecule has 1 aromatic carbocycles. The fourth-order valence-corrected chi connectivity index (χ4v) is 3.45. The zero-order chi connectivity index (χ0) is 11.8. The Hall–Kier alpha value is -1.19. The third-order valence-corrected chi connectivity index (χ3v) is 4.48. The Morgan fingerprint density at radius 3 is 2.82 bits per heavy atom. The van der Waals surface area contributed by atoms with Crippen LogP contribution in [0.3, 0.4) is 0 Å². The second-order valence-corrected chi connectivity index (χ2v) is 5.86. The van der Waals surface area contributed by atoms with Crippen LogP contribution in [0, 0.1) is 0 Å². The molecule has 0 N–H and O–H groups in total. The van der Waals surface area contributed by atoms with Gasteiger partial charge in [-0.1, -0.05) is 24.3 Å². The number of carbonyl (C=O) groups excluding carboxylic acids is 1. The fourth-order valence-electron chi connectivity index (χ4n) is 2.05. The van der Waals surface area contributed by atoms with Gasteiger partial charge in [0.25, 0.3) is 0 Å². The molecule has 0 fully saturated rings. The second kappa shape index (κ2) is 4.24. The molecule has 17 heavy (non-hydrogen) atoms. The average molecular weight is 305 g/mol. The van der Waals surface area contributed by atoms with Crippen molar-refractivity contribution in [1.29, 1.82) is 0 Å². The number of rotatable bonds is 1. The molecule has 1 heterocycles. The molecule has 0 aliphatic heterocycles. The van der Waals surface area contributed by atoms with Gasteiger partial charge in [0.1, 0.15) is 0 Å². The monoisotopic (exact) mass is 304 g/mol. The standard InChI is InChI=1S/C14H9BrOS/c15-11-7-12(17-8-11)6-10-5-9-3-1-2-4-13(9)14(10)16/h1-4,6-8H,5H2/b10-6-. The maximum Gasteiger partial charge on any atom is 0.189 e. The molecule has 0 amide bonds. The molecule has 0 spiro atoms. The van der Waals surface area contributed by atoms with Gasteiger partial charge in [0.05, 0.1) is 0 Å². The topological polar surface area (TPSA) is 17.1 Å². The van der Waals surface area contributed by atoms with E-state index in [-0.39, 0.29) is 5.78 Å². The van der Waals surface area contributed by atoms with Gasteiger partial charge < -0.3 is 0 Å². The van der Waals surface area contributed by atoms with Gasteiger partial charge >= 0.3 is 0 Å². The average Bonchev–Trinajstić information content (AvgIpc) is 2.86. The smallest absolute Gasteiger partial charge is 0.189 e. The van der Waals surface area contributed by atoms with E-state index in [1.165, 1.54) is 0 Å². The van der Waals surface area contributed by atoms with Gasteiger partial charge in [-0.05, 0) is 33.6 Å². The van der Waals surface area contributed by atoms with E-state index in [2.05, 4.69) is 15.9 Å². The number of thiophene rings is 1. The Morgan fingerprint density at radius 1 is 1.29 bits per heavy atom. The summed E-state index contributed by atoms with van der Waals surface area (Å²) in [7, 11) is 0. The summed E-state index contributed by atoms with van der Waals surface area (Å²) in [5, 5.41) is 2.03. The van der Waals surface area contributed by atoms with Gasteiger partial charge in [-0.25, -0.2) is 0 Å². The van der Waals surface area contributed by atoms with Gasteiger partial charge in [0, 0.05) is 32.3 Å². The van der Waals surface area contributed by atoms with Crippen LogP contribution in [-0.4, -0.2) is 5.78 Å². The molecule has 1 nitrogen and oxygen atoms in total. The Bertz CT molecular complexity index is 625. The molecule has 0 saturated carbocycles. The van der Waals surface area contributed by atoms with Crippen LogP contribution in [0.2, 0.25) is 0 Å². The number of benzene rings is 1. The molecule has 1 aromatic heterocycles. The first-order valence-corrected chi connectivity index (χ1v) is 6.98. The van der Waals surface area contributed by atoms with E-state index in [1.807, 2.05) is 41.8 Å². The highest BCUT2D eigenvalue weighted by Gasteiger charge is 2.23. The van der Waals surface area contributed by atoms with Gasteiger partial charge in [0.15, 0.2) is 5.78 Å². The molecule has 0 unspecified atom stereocenters. The summed E-state index contributed by atoms with van der Waals surface area (Å²) in [5.74, 6) is 0.171. The lowest BCUT2D eigenvalue weighted by Crippen LogP contribution is -1.94. The summed E-state index contributed by atoms with van der Waals surface area (Å²) >= 11 is 5.06. The van der Waals surface area contributed by atoms with E-state index in [0.717, 1.165) is 32.5 Å². The van der Waals surface area contributed by atoms with E-state index in [9.17, 15) is 4.79 Å². The highest BCUT2D eigenvalue weighted by Crippen LogP contribution is 2.29. The van der Waals surface area contributed by atoms with Crippen molar-refractivity contribution in [3.63, 3.8) is 0 Å². The lowest BCUT2D eigenvalue weighted by atomic mass is 10.1. The van der Waals surface area contributed by atoms with Crippen molar-refractivity contribution in [2.75, 3.05) is 0 Å². The number of fused-ring (bicyclic) bond motifs is 1. The SMILES string of the molecule is O=C1/C(=C\c2cc(Br)cs2)Cc2ccccc21. The number of hydrogen-bond donors (Lipinski definition) is 0. The van der Waals surface area contributed by atoms with E-state index >= 15 is 0 Å². The quantitative estimate of drug-likeness (QED) is 0.717. The molecule has 1 aliphatic carbocycles. The van der Waals surface area contributed by atoms with Crippen LogP contribution in [0.5, 0.6) is 0 Å². The van der Waals surface area contributed by atoms with Gasteiger partial charge in [-0.15, -0.1) is 11.3 Å². The lowest BCUT2D eigenvalue weighted by Gasteiger charge is -1.92.